The Balaban J connectivity index is 1.98. The van der Waals surface area contributed by atoms with Gasteiger partial charge in [0.15, 0.2) is 5.96 Å². The van der Waals surface area contributed by atoms with Gasteiger partial charge in [-0.25, -0.2) is 4.98 Å². The zero-order chi connectivity index (χ0) is 19.8. The summed E-state index contributed by atoms with van der Waals surface area (Å²) in [5, 5.41) is 6.28. The summed E-state index contributed by atoms with van der Waals surface area (Å²) in [6.45, 7) is -0.185. The minimum absolute atomic E-state index is 0.152. The summed E-state index contributed by atoms with van der Waals surface area (Å²) in [6, 6.07) is 10.9. The van der Waals surface area contributed by atoms with E-state index in [2.05, 4.69) is 25.3 Å². The third-order valence-corrected chi connectivity index (χ3v) is 3.79. The average molecular weight is 377 g/mol. The van der Waals surface area contributed by atoms with Crippen molar-refractivity contribution in [1.82, 2.24) is 15.6 Å². The van der Waals surface area contributed by atoms with Gasteiger partial charge in [-0.1, -0.05) is 23.8 Å². The topological polar surface area (TPSA) is 61.8 Å². The smallest absolute Gasteiger partial charge is 0.387 e. The van der Waals surface area contributed by atoms with Crippen molar-refractivity contribution in [3.05, 3.63) is 53.2 Å². The highest BCUT2D eigenvalue weighted by Gasteiger charge is 2.10. The van der Waals surface area contributed by atoms with Gasteiger partial charge in [-0.05, 0) is 25.1 Å². The lowest BCUT2D eigenvalue weighted by molar-refractivity contribution is -0.0504. The van der Waals surface area contributed by atoms with Crippen molar-refractivity contribution >= 4 is 11.8 Å². The molecule has 2 aromatic rings. The molecule has 1 aromatic heterocycles. The number of nitrogens with one attached hydrogen (secondary N) is 2. The molecule has 146 valence electrons. The van der Waals surface area contributed by atoms with E-state index in [1.165, 1.54) is 0 Å². The van der Waals surface area contributed by atoms with Gasteiger partial charge in [0, 0.05) is 33.3 Å². The first-order valence-corrected chi connectivity index (χ1v) is 8.51. The number of alkyl halides is 2. The van der Waals surface area contributed by atoms with E-state index in [1.54, 1.807) is 25.2 Å². The van der Waals surface area contributed by atoms with Crippen LogP contribution in [-0.4, -0.2) is 38.7 Å². The Hall–Kier alpha value is -2.90. The Bertz CT molecular complexity index is 780. The number of hydrogen-bond acceptors (Lipinski definition) is 4. The van der Waals surface area contributed by atoms with Crippen LogP contribution in [0.25, 0.3) is 0 Å². The van der Waals surface area contributed by atoms with Crippen LogP contribution >= 0.6 is 0 Å². The normalized spacial score (nSPS) is 11.4. The quantitative estimate of drug-likeness (QED) is 0.574. The number of benzene rings is 1. The number of rotatable bonds is 7. The van der Waals surface area contributed by atoms with Gasteiger partial charge in [0.05, 0.1) is 12.2 Å². The lowest BCUT2D eigenvalue weighted by Gasteiger charge is -2.16. The van der Waals surface area contributed by atoms with Gasteiger partial charge in [0.25, 0.3) is 0 Å². The molecule has 0 aliphatic rings. The standard InChI is InChI=1S/C19H25F2N5O/c1-13-8-9-16(27-18(20)21)14(10-13)11-23-19(22-2)24-12-15-6-5-7-17(25-15)26(3)4/h5-10,18H,11-12H2,1-4H3,(H2,22,23,24). The molecule has 0 radical (unpaired) electrons. The average Bonchev–Trinajstić information content (AvgIpc) is 2.63. The van der Waals surface area contributed by atoms with Crippen molar-refractivity contribution in [3.8, 4) is 5.75 Å². The van der Waals surface area contributed by atoms with Crippen molar-refractivity contribution in [3.63, 3.8) is 0 Å². The van der Waals surface area contributed by atoms with Crippen LogP contribution in [0.4, 0.5) is 14.6 Å². The van der Waals surface area contributed by atoms with Crippen LogP contribution in [0, 0.1) is 6.92 Å². The van der Waals surface area contributed by atoms with Crippen LogP contribution in [0.2, 0.25) is 0 Å². The Morgan fingerprint density at radius 3 is 2.59 bits per heavy atom. The van der Waals surface area contributed by atoms with Crippen molar-refractivity contribution in [1.29, 1.82) is 0 Å². The van der Waals surface area contributed by atoms with Gasteiger partial charge in [-0.3, -0.25) is 4.99 Å². The molecular formula is C19H25F2N5O. The molecule has 1 aromatic carbocycles. The van der Waals surface area contributed by atoms with Gasteiger partial charge < -0.3 is 20.3 Å². The molecule has 6 nitrogen and oxygen atoms in total. The van der Waals surface area contributed by atoms with Crippen LogP contribution in [0.3, 0.4) is 0 Å². The molecule has 0 fully saturated rings. The molecule has 0 atom stereocenters. The molecule has 8 heteroatoms. The Kier molecular flexibility index (Phi) is 7.34. The largest absolute Gasteiger partial charge is 0.434 e. The van der Waals surface area contributed by atoms with Gasteiger partial charge in [0.1, 0.15) is 11.6 Å². The van der Waals surface area contributed by atoms with Crippen LogP contribution < -0.4 is 20.3 Å². The SMILES string of the molecule is CN=C(NCc1cccc(N(C)C)n1)NCc1cc(C)ccc1OC(F)F. The number of aromatic nitrogens is 1. The molecule has 0 aliphatic carbocycles. The highest BCUT2D eigenvalue weighted by atomic mass is 19.3. The molecule has 0 saturated heterocycles. The summed E-state index contributed by atoms with van der Waals surface area (Å²) in [5.74, 6) is 1.56. The first-order valence-electron chi connectivity index (χ1n) is 8.51. The minimum Gasteiger partial charge on any atom is -0.434 e. The number of aryl methyl sites for hydroxylation is 1. The molecule has 0 saturated carbocycles. The molecule has 2 N–H and O–H groups in total. The summed E-state index contributed by atoms with van der Waals surface area (Å²) >= 11 is 0. The maximum Gasteiger partial charge on any atom is 0.387 e. The van der Waals surface area contributed by atoms with Crippen LogP contribution in [0.15, 0.2) is 41.4 Å². The summed E-state index contributed by atoms with van der Waals surface area (Å²) in [4.78, 5) is 10.6. The van der Waals surface area contributed by atoms with E-state index in [0.717, 1.165) is 17.1 Å². The molecule has 0 amide bonds. The van der Waals surface area contributed by atoms with E-state index in [-0.39, 0.29) is 5.75 Å². The van der Waals surface area contributed by atoms with Crippen LogP contribution in [0.1, 0.15) is 16.8 Å². The fourth-order valence-corrected chi connectivity index (χ4v) is 2.45. The van der Waals surface area contributed by atoms with E-state index in [1.807, 2.05) is 44.1 Å². The van der Waals surface area contributed by atoms with E-state index in [4.69, 9.17) is 0 Å². The summed E-state index contributed by atoms with van der Waals surface area (Å²) in [7, 11) is 5.51. The van der Waals surface area contributed by atoms with Crippen LogP contribution in [-0.2, 0) is 13.1 Å². The van der Waals surface area contributed by atoms with E-state index >= 15 is 0 Å². The second kappa shape index (κ2) is 9.70. The number of aliphatic imine (C=N–C) groups is 1. The number of halogens is 2. The van der Waals surface area contributed by atoms with Gasteiger partial charge in [-0.2, -0.15) is 8.78 Å². The number of guanidine groups is 1. The molecule has 0 bridgehead atoms. The molecule has 0 aliphatic heterocycles. The Labute approximate surface area is 158 Å². The number of nitrogens with zero attached hydrogens (tertiary/aromatic N) is 3. The van der Waals surface area contributed by atoms with Gasteiger partial charge >= 0.3 is 6.61 Å². The predicted molar refractivity (Wildman–Crippen MR) is 103 cm³/mol. The monoisotopic (exact) mass is 377 g/mol. The van der Waals surface area contributed by atoms with E-state index < -0.39 is 6.61 Å². The van der Waals surface area contributed by atoms with E-state index in [0.29, 0.717) is 24.6 Å². The number of hydrogen-bond donors (Lipinski definition) is 2. The maximum atomic E-state index is 12.6. The number of pyridine rings is 1. The molecular weight excluding hydrogens is 352 g/mol. The highest BCUT2D eigenvalue weighted by molar-refractivity contribution is 5.79. The molecule has 1 heterocycles. The summed E-state index contributed by atoms with van der Waals surface area (Å²) < 4.78 is 29.7. The lowest BCUT2D eigenvalue weighted by atomic mass is 10.1. The van der Waals surface area contributed by atoms with Gasteiger partial charge in [0.2, 0.25) is 0 Å². The summed E-state index contributed by atoms with van der Waals surface area (Å²) in [6.07, 6.45) is 0. The first kappa shape index (κ1) is 20.4. The highest BCUT2D eigenvalue weighted by Crippen LogP contribution is 2.22. The predicted octanol–water partition coefficient (Wildman–Crippen LogP) is 2.92. The van der Waals surface area contributed by atoms with Crippen LogP contribution in [0.5, 0.6) is 5.75 Å². The molecule has 27 heavy (non-hydrogen) atoms. The fourth-order valence-electron chi connectivity index (χ4n) is 2.45. The Morgan fingerprint density at radius 2 is 1.93 bits per heavy atom. The second-order valence-electron chi connectivity index (χ2n) is 6.15. The Morgan fingerprint density at radius 1 is 1.19 bits per heavy atom. The zero-order valence-corrected chi connectivity index (χ0v) is 16.0. The summed E-state index contributed by atoms with van der Waals surface area (Å²) in [5.41, 5.74) is 2.45. The first-order chi connectivity index (χ1) is 12.9. The van der Waals surface area contributed by atoms with Crippen molar-refractivity contribution in [2.24, 2.45) is 4.99 Å². The third-order valence-electron chi connectivity index (χ3n) is 3.79. The maximum absolute atomic E-state index is 12.6. The van der Waals surface area contributed by atoms with E-state index in [9.17, 15) is 8.78 Å². The molecule has 2 rings (SSSR count). The number of ether oxygens (including phenoxy) is 1. The fraction of sp³-hybridized carbons (Fsp3) is 0.368. The third kappa shape index (κ3) is 6.40. The lowest BCUT2D eigenvalue weighted by Crippen LogP contribution is -2.36. The minimum atomic E-state index is -2.86. The molecule has 0 spiro atoms. The zero-order valence-electron chi connectivity index (χ0n) is 16.0. The van der Waals surface area contributed by atoms with Crippen molar-refractivity contribution in [2.75, 3.05) is 26.0 Å². The molecule has 0 unspecified atom stereocenters. The van der Waals surface area contributed by atoms with Gasteiger partial charge in [-0.15, -0.1) is 0 Å². The number of anilines is 1. The van der Waals surface area contributed by atoms with Crippen molar-refractivity contribution < 1.29 is 13.5 Å². The second-order valence-corrected chi connectivity index (χ2v) is 6.15. The van der Waals surface area contributed by atoms with Crippen molar-refractivity contribution in [2.45, 2.75) is 26.6 Å².